The molecule has 2 heterocycles. The molecular weight excluding hydrogens is 398 g/mol. The number of fused-ring (bicyclic) bond motifs is 5. The van der Waals surface area contributed by atoms with Crippen LogP contribution >= 0.6 is 0 Å². The minimum Gasteiger partial charge on any atom is -0.369 e. The summed E-state index contributed by atoms with van der Waals surface area (Å²) >= 11 is 0. The first-order valence-electron chi connectivity index (χ1n) is 12.4. The number of aliphatic hydroxyl groups excluding tert-OH is 1. The highest BCUT2D eigenvalue weighted by atomic mass is 16.6. The van der Waals surface area contributed by atoms with E-state index >= 15 is 0 Å². The molecule has 0 aromatic heterocycles. The van der Waals surface area contributed by atoms with Crippen LogP contribution < -0.4 is 4.90 Å². The Hall–Kier alpha value is -1.92. The van der Waals surface area contributed by atoms with E-state index in [0.717, 1.165) is 44.7 Å². The monoisotopic (exact) mass is 435 g/mol. The maximum Gasteiger partial charge on any atom is 0.216 e. The molecule has 2 aromatic carbocycles. The summed E-state index contributed by atoms with van der Waals surface area (Å²) in [6.45, 7) is 11.6. The fourth-order valence-electron chi connectivity index (χ4n) is 6.10. The SMILES string of the molecule is CCCN1CCN(c2ccc3c(c2)C2[C@@H](C)C3CCN2C(O)OCc2ccccc2)CC1. The van der Waals surface area contributed by atoms with Crippen LogP contribution in [0.1, 0.15) is 55.3 Å². The van der Waals surface area contributed by atoms with E-state index in [9.17, 15) is 5.11 Å². The quantitative estimate of drug-likeness (QED) is 0.660. The van der Waals surface area contributed by atoms with E-state index in [1.807, 2.05) is 30.3 Å². The summed E-state index contributed by atoms with van der Waals surface area (Å²) < 4.78 is 5.93. The minimum atomic E-state index is -0.879. The van der Waals surface area contributed by atoms with Gasteiger partial charge in [-0.3, -0.25) is 4.90 Å². The van der Waals surface area contributed by atoms with Crippen LogP contribution in [-0.4, -0.2) is 60.6 Å². The number of benzene rings is 2. The number of nitrogens with zero attached hydrogens (tertiary/aromatic N) is 3. The van der Waals surface area contributed by atoms with E-state index < -0.39 is 6.41 Å². The number of rotatable bonds is 7. The highest BCUT2D eigenvalue weighted by Crippen LogP contribution is 2.54. The standard InChI is InChI=1S/C27H37N3O2/c1-3-12-28-14-16-29(17-15-28)22-9-10-24-23-11-13-30(26(20(23)2)25(24)18-22)27(31)32-19-21-7-5-4-6-8-21/h4-10,18,20,23,26-27,31H,3,11-17,19H2,1-2H3/t20-,23?,26?,27?/m0/s1. The lowest BCUT2D eigenvalue weighted by atomic mass is 9.86. The topological polar surface area (TPSA) is 39.2 Å². The van der Waals surface area contributed by atoms with Crippen molar-refractivity contribution in [3.05, 3.63) is 65.2 Å². The molecule has 0 saturated carbocycles. The lowest BCUT2D eigenvalue weighted by Gasteiger charge is -2.40. The summed E-state index contributed by atoms with van der Waals surface area (Å²) in [6, 6.07) is 17.4. The molecule has 2 aliphatic heterocycles. The maximum atomic E-state index is 11.0. The van der Waals surface area contributed by atoms with E-state index in [1.54, 1.807) is 0 Å². The summed E-state index contributed by atoms with van der Waals surface area (Å²) in [6.07, 6.45) is 1.42. The molecule has 2 bridgehead atoms. The Morgan fingerprint density at radius 1 is 1.00 bits per heavy atom. The largest absolute Gasteiger partial charge is 0.369 e. The number of hydrogen-bond acceptors (Lipinski definition) is 5. The zero-order valence-electron chi connectivity index (χ0n) is 19.5. The van der Waals surface area contributed by atoms with Crippen molar-refractivity contribution in [1.82, 2.24) is 9.80 Å². The molecule has 0 radical (unpaired) electrons. The van der Waals surface area contributed by atoms with Crippen molar-refractivity contribution in [2.24, 2.45) is 5.92 Å². The van der Waals surface area contributed by atoms with Gasteiger partial charge in [-0.05, 0) is 60.0 Å². The summed E-state index contributed by atoms with van der Waals surface area (Å²) in [4.78, 5) is 7.28. The lowest BCUT2D eigenvalue weighted by Crippen LogP contribution is -2.46. The molecule has 4 atom stereocenters. The van der Waals surface area contributed by atoms with E-state index in [-0.39, 0.29) is 6.04 Å². The fraction of sp³-hybridized carbons (Fsp3) is 0.556. The predicted molar refractivity (Wildman–Crippen MR) is 129 cm³/mol. The molecular formula is C27H37N3O2. The van der Waals surface area contributed by atoms with Gasteiger partial charge < -0.3 is 14.7 Å². The number of likely N-dealkylation sites (tertiary alicyclic amines) is 1. The highest BCUT2D eigenvalue weighted by Gasteiger charge is 2.46. The first-order valence-corrected chi connectivity index (χ1v) is 12.4. The van der Waals surface area contributed by atoms with Crippen LogP contribution in [0.3, 0.4) is 0 Å². The molecule has 32 heavy (non-hydrogen) atoms. The summed E-state index contributed by atoms with van der Waals surface area (Å²) in [5.74, 6) is 1.08. The van der Waals surface area contributed by atoms with Gasteiger partial charge in [0.25, 0.3) is 0 Å². The molecule has 2 aromatic rings. The Morgan fingerprint density at radius 3 is 2.53 bits per heavy atom. The summed E-state index contributed by atoms with van der Waals surface area (Å²) in [7, 11) is 0. The number of hydrogen-bond donors (Lipinski definition) is 1. The molecule has 5 nitrogen and oxygen atoms in total. The van der Waals surface area contributed by atoms with Crippen molar-refractivity contribution in [2.75, 3.05) is 44.2 Å². The van der Waals surface area contributed by atoms with Crippen molar-refractivity contribution >= 4 is 5.69 Å². The van der Waals surface area contributed by atoms with Crippen LogP contribution in [0.15, 0.2) is 48.5 Å². The molecule has 2 fully saturated rings. The van der Waals surface area contributed by atoms with Crippen molar-refractivity contribution in [3.8, 4) is 0 Å². The molecule has 2 saturated heterocycles. The number of piperidine rings is 1. The number of piperazine rings is 1. The van der Waals surface area contributed by atoms with Crippen LogP contribution in [0.4, 0.5) is 5.69 Å². The van der Waals surface area contributed by atoms with Crippen LogP contribution in [0.5, 0.6) is 0 Å². The zero-order chi connectivity index (χ0) is 22.1. The van der Waals surface area contributed by atoms with Gasteiger partial charge in [0.15, 0.2) is 0 Å². The van der Waals surface area contributed by atoms with E-state index in [2.05, 4.69) is 46.7 Å². The summed E-state index contributed by atoms with van der Waals surface area (Å²) in [5.41, 5.74) is 5.30. The first kappa shape index (κ1) is 21.9. The number of aliphatic hydroxyl groups is 1. The van der Waals surface area contributed by atoms with Gasteiger partial charge in [0.2, 0.25) is 6.41 Å². The second-order valence-electron chi connectivity index (χ2n) is 9.70. The highest BCUT2D eigenvalue weighted by molar-refractivity contribution is 5.55. The minimum absolute atomic E-state index is 0.218. The predicted octanol–water partition coefficient (Wildman–Crippen LogP) is 4.19. The van der Waals surface area contributed by atoms with E-state index in [4.69, 9.17) is 4.74 Å². The third kappa shape index (κ3) is 4.19. The molecule has 1 N–H and O–H groups in total. The Bertz CT molecular complexity index is 897. The molecule has 3 aliphatic rings. The lowest BCUT2D eigenvalue weighted by molar-refractivity contribution is -0.223. The van der Waals surface area contributed by atoms with Gasteiger partial charge in [-0.25, -0.2) is 4.90 Å². The molecule has 1 aliphatic carbocycles. The van der Waals surface area contributed by atoms with Crippen molar-refractivity contribution in [3.63, 3.8) is 0 Å². The zero-order valence-corrected chi connectivity index (χ0v) is 19.5. The second-order valence-corrected chi connectivity index (χ2v) is 9.70. The van der Waals surface area contributed by atoms with Crippen LogP contribution in [0.2, 0.25) is 0 Å². The third-order valence-electron chi connectivity index (χ3n) is 7.78. The molecule has 0 spiro atoms. The van der Waals surface area contributed by atoms with Crippen molar-refractivity contribution in [1.29, 1.82) is 0 Å². The van der Waals surface area contributed by atoms with Crippen LogP contribution in [-0.2, 0) is 11.3 Å². The van der Waals surface area contributed by atoms with E-state index in [1.165, 1.54) is 29.8 Å². The molecule has 5 heteroatoms. The summed E-state index contributed by atoms with van der Waals surface area (Å²) in [5, 5.41) is 11.0. The second kappa shape index (κ2) is 9.52. The van der Waals surface area contributed by atoms with Gasteiger partial charge >= 0.3 is 0 Å². The Labute approximate surface area is 192 Å². The van der Waals surface area contributed by atoms with Crippen molar-refractivity contribution in [2.45, 2.75) is 51.7 Å². The molecule has 0 amide bonds. The van der Waals surface area contributed by atoms with Crippen molar-refractivity contribution < 1.29 is 9.84 Å². The van der Waals surface area contributed by atoms with Crippen LogP contribution in [0, 0.1) is 5.92 Å². The van der Waals surface area contributed by atoms with Gasteiger partial charge in [0.1, 0.15) is 0 Å². The normalized spacial score (nSPS) is 26.8. The average molecular weight is 436 g/mol. The Balaban J connectivity index is 1.31. The maximum absolute atomic E-state index is 11.0. The third-order valence-corrected chi connectivity index (χ3v) is 7.78. The van der Waals surface area contributed by atoms with Gasteiger partial charge in [0, 0.05) is 44.5 Å². The van der Waals surface area contributed by atoms with Gasteiger partial charge in [-0.2, -0.15) is 0 Å². The molecule has 5 rings (SSSR count). The Kier molecular flexibility index (Phi) is 6.51. The first-order chi connectivity index (χ1) is 15.7. The fourth-order valence-corrected chi connectivity index (χ4v) is 6.10. The number of ether oxygens (including phenoxy) is 1. The molecule has 3 unspecified atom stereocenters. The van der Waals surface area contributed by atoms with E-state index in [0.29, 0.717) is 18.4 Å². The Morgan fingerprint density at radius 2 is 1.78 bits per heavy atom. The average Bonchev–Trinajstić information content (AvgIpc) is 2.99. The number of anilines is 1. The van der Waals surface area contributed by atoms with Gasteiger partial charge in [-0.1, -0.05) is 50.2 Å². The molecule has 172 valence electrons. The smallest absolute Gasteiger partial charge is 0.216 e. The van der Waals surface area contributed by atoms with Gasteiger partial charge in [0.05, 0.1) is 6.61 Å². The van der Waals surface area contributed by atoms with Crippen LogP contribution in [0.25, 0.3) is 0 Å². The van der Waals surface area contributed by atoms with Gasteiger partial charge in [-0.15, -0.1) is 0 Å².